The summed E-state index contributed by atoms with van der Waals surface area (Å²) in [4.78, 5) is 28.3. The lowest BCUT2D eigenvalue weighted by atomic mass is 10.2. The maximum Gasteiger partial charge on any atom is 0.433 e. The molecule has 0 aromatic carbocycles. The highest BCUT2D eigenvalue weighted by Gasteiger charge is 2.09. The predicted octanol–water partition coefficient (Wildman–Crippen LogP) is 2.99. The topological polar surface area (TPSA) is 102 Å². The van der Waals surface area contributed by atoms with Gasteiger partial charge in [0.15, 0.2) is 5.16 Å². The van der Waals surface area contributed by atoms with E-state index in [1.165, 1.54) is 30.0 Å². The molecule has 0 saturated heterocycles. The number of aryl methyl sites for hydroxylation is 1. The SMILES string of the molecule is CCCc1cc(=O)[nH]c(S/C=C/c2ccc([N+](=O)[O-])o2)n1. The third kappa shape index (κ3) is 4.32. The molecule has 0 fully saturated rings. The van der Waals surface area contributed by atoms with Crippen molar-refractivity contribution in [2.75, 3.05) is 0 Å². The Balaban J connectivity index is 2.06. The highest BCUT2D eigenvalue weighted by atomic mass is 32.2. The summed E-state index contributed by atoms with van der Waals surface area (Å²) in [5.41, 5.74) is 0.545. The van der Waals surface area contributed by atoms with Crippen LogP contribution in [0.3, 0.4) is 0 Å². The first-order valence-electron chi connectivity index (χ1n) is 6.26. The maximum absolute atomic E-state index is 11.5. The Labute approximate surface area is 124 Å². The van der Waals surface area contributed by atoms with Gasteiger partial charge in [0.1, 0.15) is 10.7 Å². The Bertz CT molecular complexity index is 720. The van der Waals surface area contributed by atoms with Crippen LogP contribution in [0.25, 0.3) is 6.08 Å². The van der Waals surface area contributed by atoms with E-state index in [-0.39, 0.29) is 11.4 Å². The number of furan rings is 1. The first-order chi connectivity index (χ1) is 10.1. The molecule has 0 aliphatic carbocycles. The van der Waals surface area contributed by atoms with Gasteiger partial charge in [-0.3, -0.25) is 14.9 Å². The van der Waals surface area contributed by atoms with E-state index in [0.717, 1.165) is 18.5 Å². The summed E-state index contributed by atoms with van der Waals surface area (Å²) in [6, 6.07) is 4.26. The van der Waals surface area contributed by atoms with Crippen molar-refractivity contribution in [3.63, 3.8) is 0 Å². The zero-order valence-corrected chi connectivity index (χ0v) is 12.1. The van der Waals surface area contributed by atoms with E-state index in [2.05, 4.69) is 9.97 Å². The van der Waals surface area contributed by atoms with Crippen molar-refractivity contribution in [3.8, 4) is 0 Å². The molecule has 0 spiro atoms. The van der Waals surface area contributed by atoms with Gasteiger partial charge in [0, 0.05) is 11.8 Å². The Morgan fingerprint density at radius 3 is 3.00 bits per heavy atom. The molecule has 0 saturated carbocycles. The molecule has 0 aliphatic rings. The first-order valence-corrected chi connectivity index (χ1v) is 7.14. The molecule has 110 valence electrons. The third-order valence-corrected chi connectivity index (χ3v) is 3.17. The number of hydrogen-bond acceptors (Lipinski definition) is 6. The summed E-state index contributed by atoms with van der Waals surface area (Å²) in [6.07, 6.45) is 3.22. The van der Waals surface area contributed by atoms with Crippen LogP contribution in [0.5, 0.6) is 0 Å². The molecule has 2 heterocycles. The van der Waals surface area contributed by atoms with Crippen molar-refractivity contribution in [3.05, 3.63) is 55.5 Å². The van der Waals surface area contributed by atoms with Gasteiger partial charge in [0.05, 0.1) is 6.07 Å². The second-order valence-corrected chi connectivity index (χ2v) is 5.04. The number of nitro groups is 1. The van der Waals surface area contributed by atoms with Gasteiger partial charge < -0.3 is 9.40 Å². The fraction of sp³-hybridized carbons (Fsp3) is 0.231. The highest BCUT2D eigenvalue weighted by Crippen LogP contribution is 2.20. The van der Waals surface area contributed by atoms with Gasteiger partial charge in [-0.15, -0.1) is 0 Å². The van der Waals surface area contributed by atoms with E-state index in [0.29, 0.717) is 10.9 Å². The van der Waals surface area contributed by atoms with Crippen molar-refractivity contribution in [2.45, 2.75) is 24.9 Å². The summed E-state index contributed by atoms with van der Waals surface area (Å²) in [5.74, 6) is 0.0531. The molecule has 0 amide bonds. The second-order valence-electron chi connectivity index (χ2n) is 4.15. The number of aromatic amines is 1. The molecule has 0 atom stereocenters. The molecule has 1 N–H and O–H groups in total. The fourth-order valence-corrected chi connectivity index (χ4v) is 2.28. The van der Waals surface area contributed by atoms with Crippen LogP contribution in [0.1, 0.15) is 24.8 Å². The number of aromatic nitrogens is 2. The second kappa shape index (κ2) is 6.89. The third-order valence-electron chi connectivity index (χ3n) is 2.48. The fourth-order valence-electron chi connectivity index (χ4n) is 1.62. The van der Waals surface area contributed by atoms with E-state index in [4.69, 9.17) is 4.42 Å². The van der Waals surface area contributed by atoms with Crippen LogP contribution in [0.2, 0.25) is 0 Å². The van der Waals surface area contributed by atoms with Crippen LogP contribution in [0, 0.1) is 10.1 Å². The number of hydrogen-bond donors (Lipinski definition) is 1. The van der Waals surface area contributed by atoms with Gasteiger partial charge in [-0.25, -0.2) is 4.98 Å². The van der Waals surface area contributed by atoms with Crippen molar-refractivity contribution in [2.24, 2.45) is 0 Å². The molecule has 8 heteroatoms. The van der Waals surface area contributed by atoms with Crippen LogP contribution in [-0.2, 0) is 6.42 Å². The van der Waals surface area contributed by atoms with Crippen molar-refractivity contribution in [1.29, 1.82) is 0 Å². The van der Waals surface area contributed by atoms with Crippen LogP contribution < -0.4 is 5.56 Å². The molecule has 0 radical (unpaired) electrons. The van der Waals surface area contributed by atoms with Gasteiger partial charge in [0.2, 0.25) is 0 Å². The number of thioether (sulfide) groups is 1. The van der Waals surface area contributed by atoms with E-state index in [1.54, 1.807) is 11.5 Å². The molecular formula is C13H13N3O4S. The smallest absolute Gasteiger partial charge is 0.401 e. The maximum atomic E-state index is 11.5. The minimum absolute atomic E-state index is 0.196. The lowest BCUT2D eigenvalue weighted by Gasteiger charge is -1.99. The number of nitrogens with one attached hydrogen (secondary N) is 1. The summed E-state index contributed by atoms with van der Waals surface area (Å²) in [5, 5.41) is 12.6. The normalized spacial score (nSPS) is 11.1. The quantitative estimate of drug-likeness (QED) is 0.381. The Morgan fingerprint density at radius 2 is 2.33 bits per heavy atom. The molecule has 2 aromatic rings. The summed E-state index contributed by atoms with van der Waals surface area (Å²) >= 11 is 1.21. The molecule has 7 nitrogen and oxygen atoms in total. The van der Waals surface area contributed by atoms with Crippen molar-refractivity contribution < 1.29 is 9.34 Å². The molecule has 2 rings (SSSR count). The highest BCUT2D eigenvalue weighted by molar-refractivity contribution is 8.02. The molecule has 0 unspecified atom stereocenters. The molecule has 0 bridgehead atoms. The van der Waals surface area contributed by atoms with Crippen LogP contribution in [0.15, 0.2) is 38.0 Å². The summed E-state index contributed by atoms with van der Waals surface area (Å²) in [7, 11) is 0. The standard InChI is InChI=1S/C13H13N3O4S/c1-2-3-9-8-11(17)15-13(14-9)21-7-6-10-4-5-12(20-10)16(18)19/h4-8H,2-3H2,1H3,(H,14,15,17)/b7-6+. The predicted molar refractivity (Wildman–Crippen MR) is 79.1 cm³/mol. The van der Waals surface area contributed by atoms with Gasteiger partial charge in [-0.1, -0.05) is 25.1 Å². The minimum atomic E-state index is -0.599. The number of rotatable bonds is 6. The molecular weight excluding hydrogens is 294 g/mol. The zero-order chi connectivity index (χ0) is 15.2. The summed E-state index contributed by atoms with van der Waals surface area (Å²) < 4.78 is 4.98. The average molecular weight is 307 g/mol. The first kappa shape index (κ1) is 15.0. The van der Waals surface area contributed by atoms with E-state index >= 15 is 0 Å². The van der Waals surface area contributed by atoms with Crippen LogP contribution >= 0.6 is 11.8 Å². The number of H-pyrrole nitrogens is 1. The Hall–Kier alpha value is -2.35. The van der Waals surface area contributed by atoms with E-state index in [1.807, 2.05) is 6.92 Å². The molecule has 21 heavy (non-hydrogen) atoms. The largest absolute Gasteiger partial charge is 0.433 e. The lowest BCUT2D eigenvalue weighted by molar-refractivity contribution is -0.402. The van der Waals surface area contributed by atoms with E-state index < -0.39 is 4.92 Å². The van der Waals surface area contributed by atoms with Gasteiger partial charge in [-0.2, -0.15) is 0 Å². The van der Waals surface area contributed by atoms with E-state index in [9.17, 15) is 14.9 Å². The molecule has 2 aromatic heterocycles. The van der Waals surface area contributed by atoms with Crippen molar-refractivity contribution in [1.82, 2.24) is 9.97 Å². The average Bonchev–Trinajstić information content (AvgIpc) is 2.87. The van der Waals surface area contributed by atoms with Crippen molar-refractivity contribution >= 4 is 23.7 Å². The molecule has 0 aliphatic heterocycles. The number of nitrogens with zero attached hydrogens (tertiary/aromatic N) is 2. The Morgan fingerprint density at radius 1 is 1.52 bits per heavy atom. The van der Waals surface area contributed by atoms with Crippen LogP contribution in [0.4, 0.5) is 5.88 Å². The Kier molecular flexibility index (Phi) is 4.94. The van der Waals surface area contributed by atoms with Gasteiger partial charge >= 0.3 is 5.88 Å². The minimum Gasteiger partial charge on any atom is -0.401 e. The lowest BCUT2D eigenvalue weighted by Crippen LogP contribution is -2.09. The monoisotopic (exact) mass is 307 g/mol. The van der Waals surface area contributed by atoms with Crippen LogP contribution in [-0.4, -0.2) is 14.9 Å². The summed E-state index contributed by atoms with van der Waals surface area (Å²) in [6.45, 7) is 2.01. The van der Waals surface area contributed by atoms with Gasteiger partial charge in [0.25, 0.3) is 5.56 Å². The zero-order valence-electron chi connectivity index (χ0n) is 11.2. The van der Waals surface area contributed by atoms with Gasteiger partial charge in [-0.05, 0) is 24.0 Å².